The zero-order valence-electron chi connectivity index (χ0n) is 17.1. The van der Waals surface area contributed by atoms with Crippen LogP contribution >= 0.6 is 0 Å². The first-order valence-corrected chi connectivity index (χ1v) is 10.5. The first-order chi connectivity index (χ1) is 13.8. The molecule has 154 valence electrons. The van der Waals surface area contributed by atoms with Crippen molar-refractivity contribution in [2.75, 3.05) is 13.7 Å². The van der Waals surface area contributed by atoms with Gasteiger partial charge in [-0.05, 0) is 24.5 Å². The molecule has 0 bridgehead atoms. The third kappa shape index (κ3) is 9.18. The molecular weight excluding hydrogens is 352 g/mol. The molecule has 0 N–H and O–H groups in total. The average Bonchev–Trinajstić information content (AvgIpc) is 3.20. The van der Waals surface area contributed by atoms with Crippen LogP contribution in [0.3, 0.4) is 0 Å². The van der Waals surface area contributed by atoms with Crippen LogP contribution in [0.25, 0.3) is 0 Å². The van der Waals surface area contributed by atoms with Crippen LogP contribution in [0.4, 0.5) is 0 Å². The summed E-state index contributed by atoms with van der Waals surface area (Å²) >= 11 is 0. The number of hydrogen-bond donors (Lipinski definition) is 0. The van der Waals surface area contributed by atoms with Crippen LogP contribution in [0, 0.1) is 0 Å². The second-order valence-corrected chi connectivity index (χ2v) is 7.18. The first-order valence-electron chi connectivity index (χ1n) is 10.5. The maximum Gasteiger partial charge on any atom is 0.358 e. The molecule has 28 heavy (non-hydrogen) atoms. The topological polar surface area (TPSA) is 53.4 Å². The van der Waals surface area contributed by atoms with E-state index in [2.05, 4.69) is 34.1 Å². The number of aromatic nitrogens is 2. The van der Waals surface area contributed by atoms with Gasteiger partial charge in [0.15, 0.2) is 5.69 Å². The fourth-order valence-electron chi connectivity index (χ4n) is 3.18. The minimum Gasteiger partial charge on any atom is -0.464 e. The minimum absolute atomic E-state index is 0.374. The molecule has 0 aliphatic heterocycles. The highest BCUT2D eigenvalue weighted by atomic mass is 16.5. The molecule has 0 saturated carbocycles. The van der Waals surface area contributed by atoms with Gasteiger partial charge in [0.25, 0.3) is 0 Å². The van der Waals surface area contributed by atoms with E-state index in [0.29, 0.717) is 5.69 Å². The zero-order chi connectivity index (χ0) is 19.9. The van der Waals surface area contributed by atoms with Crippen LogP contribution in [0.1, 0.15) is 73.8 Å². The predicted octanol–water partition coefficient (Wildman–Crippen LogP) is 5.40. The quantitative estimate of drug-likeness (QED) is 0.304. The van der Waals surface area contributed by atoms with E-state index in [1.54, 1.807) is 6.07 Å². The fourth-order valence-corrected chi connectivity index (χ4v) is 3.18. The summed E-state index contributed by atoms with van der Waals surface area (Å²) in [6.45, 7) is 2.45. The molecule has 5 heteroatoms. The first kappa shape index (κ1) is 22.2. The molecule has 0 spiro atoms. The summed E-state index contributed by atoms with van der Waals surface area (Å²) in [5.41, 5.74) is 1.63. The SMILES string of the molecule is COC(=O)c1ccn(CCCCCCCCCCCOCc2ccccc2)n1. The van der Waals surface area contributed by atoms with Gasteiger partial charge in [-0.15, -0.1) is 0 Å². The lowest BCUT2D eigenvalue weighted by Crippen LogP contribution is -2.05. The summed E-state index contributed by atoms with van der Waals surface area (Å²) in [5, 5.41) is 4.22. The summed E-state index contributed by atoms with van der Waals surface area (Å²) < 4.78 is 12.2. The number of aryl methyl sites for hydroxylation is 1. The van der Waals surface area contributed by atoms with Crippen LogP contribution in [0.15, 0.2) is 42.6 Å². The second-order valence-electron chi connectivity index (χ2n) is 7.18. The van der Waals surface area contributed by atoms with Gasteiger partial charge in [-0.25, -0.2) is 4.79 Å². The summed E-state index contributed by atoms with van der Waals surface area (Å²) in [4.78, 5) is 11.4. The van der Waals surface area contributed by atoms with Crippen molar-refractivity contribution in [2.24, 2.45) is 0 Å². The number of nitrogens with zero attached hydrogens (tertiary/aromatic N) is 2. The minimum atomic E-state index is -0.374. The number of hydrogen-bond acceptors (Lipinski definition) is 4. The van der Waals surface area contributed by atoms with Crippen LogP contribution in [0.5, 0.6) is 0 Å². The number of carbonyl (C=O) groups excluding carboxylic acids is 1. The summed E-state index contributed by atoms with van der Waals surface area (Å²) in [6, 6.07) is 12.1. The highest BCUT2D eigenvalue weighted by molar-refractivity contribution is 5.86. The van der Waals surface area contributed by atoms with Crippen molar-refractivity contribution >= 4 is 5.97 Å². The van der Waals surface area contributed by atoms with Gasteiger partial charge in [-0.2, -0.15) is 5.10 Å². The van der Waals surface area contributed by atoms with Gasteiger partial charge in [0.2, 0.25) is 0 Å². The number of esters is 1. The Morgan fingerprint density at radius 2 is 1.54 bits per heavy atom. The molecule has 1 aromatic heterocycles. The number of benzene rings is 1. The molecule has 0 amide bonds. The Hall–Kier alpha value is -2.14. The molecule has 0 aliphatic rings. The average molecular weight is 387 g/mol. The van der Waals surface area contributed by atoms with Crippen molar-refractivity contribution in [3.8, 4) is 0 Å². The highest BCUT2D eigenvalue weighted by Crippen LogP contribution is 2.11. The van der Waals surface area contributed by atoms with E-state index in [4.69, 9.17) is 4.74 Å². The molecule has 0 saturated heterocycles. The zero-order valence-corrected chi connectivity index (χ0v) is 17.1. The van der Waals surface area contributed by atoms with Gasteiger partial charge in [0, 0.05) is 19.3 Å². The van der Waals surface area contributed by atoms with Crippen molar-refractivity contribution in [3.63, 3.8) is 0 Å². The lowest BCUT2D eigenvalue weighted by molar-refractivity contribution is 0.0593. The van der Waals surface area contributed by atoms with Crippen LogP contribution in [0.2, 0.25) is 0 Å². The third-order valence-electron chi connectivity index (χ3n) is 4.82. The maximum absolute atomic E-state index is 11.4. The monoisotopic (exact) mass is 386 g/mol. The smallest absolute Gasteiger partial charge is 0.358 e. The molecule has 2 aromatic rings. The lowest BCUT2D eigenvalue weighted by atomic mass is 10.1. The van der Waals surface area contributed by atoms with Crippen LogP contribution in [-0.2, 0) is 22.6 Å². The predicted molar refractivity (Wildman–Crippen MR) is 111 cm³/mol. The van der Waals surface area contributed by atoms with E-state index >= 15 is 0 Å². The number of carbonyl (C=O) groups is 1. The molecule has 1 heterocycles. The molecule has 1 aromatic carbocycles. The molecule has 0 atom stereocenters. The molecule has 2 rings (SSSR count). The number of unbranched alkanes of at least 4 members (excludes halogenated alkanes) is 8. The Labute approximate surface area is 169 Å². The van der Waals surface area contributed by atoms with Crippen molar-refractivity contribution in [2.45, 2.75) is 70.9 Å². The van der Waals surface area contributed by atoms with E-state index in [-0.39, 0.29) is 5.97 Å². The van der Waals surface area contributed by atoms with Gasteiger partial charge in [0.05, 0.1) is 13.7 Å². The van der Waals surface area contributed by atoms with Gasteiger partial charge < -0.3 is 9.47 Å². The van der Waals surface area contributed by atoms with Gasteiger partial charge >= 0.3 is 5.97 Å². The fraction of sp³-hybridized carbons (Fsp3) is 0.565. The summed E-state index contributed by atoms with van der Waals surface area (Å²) in [5.74, 6) is -0.374. The summed E-state index contributed by atoms with van der Waals surface area (Å²) in [6.07, 6.45) is 13.1. The van der Waals surface area contributed by atoms with Crippen LogP contribution in [-0.4, -0.2) is 29.5 Å². The molecule has 5 nitrogen and oxygen atoms in total. The Balaban J connectivity index is 1.34. The molecule has 0 unspecified atom stereocenters. The number of methoxy groups -OCH3 is 1. The van der Waals surface area contributed by atoms with Gasteiger partial charge in [0.1, 0.15) is 0 Å². The Morgan fingerprint density at radius 1 is 0.893 bits per heavy atom. The molecule has 0 fully saturated rings. The largest absolute Gasteiger partial charge is 0.464 e. The Bertz CT molecular complexity index is 655. The maximum atomic E-state index is 11.4. The standard InChI is InChI=1S/C23H34N2O3/c1-27-23(26)22-16-18-25(24-22)17-12-7-5-3-2-4-6-8-13-19-28-20-21-14-10-9-11-15-21/h9-11,14-16,18H,2-8,12-13,17,19-20H2,1H3. The van der Waals surface area contributed by atoms with E-state index in [1.165, 1.54) is 57.6 Å². The number of ether oxygens (including phenoxy) is 2. The molecule has 0 aliphatic carbocycles. The molecular formula is C23H34N2O3. The second kappa shape index (κ2) is 13.9. The molecule has 0 radical (unpaired) electrons. The Kier molecular flexibility index (Phi) is 11.0. The normalized spacial score (nSPS) is 10.9. The summed E-state index contributed by atoms with van der Waals surface area (Å²) in [7, 11) is 1.38. The van der Waals surface area contributed by atoms with Crippen molar-refractivity contribution in [3.05, 3.63) is 53.9 Å². The van der Waals surface area contributed by atoms with Crippen LogP contribution < -0.4 is 0 Å². The third-order valence-corrected chi connectivity index (χ3v) is 4.82. The van der Waals surface area contributed by atoms with E-state index in [0.717, 1.165) is 32.6 Å². The van der Waals surface area contributed by atoms with Crippen molar-refractivity contribution in [1.82, 2.24) is 9.78 Å². The van der Waals surface area contributed by atoms with Gasteiger partial charge in [-0.3, -0.25) is 4.68 Å². The van der Waals surface area contributed by atoms with Crippen molar-refractivity contribution < 1.29 is 14.3 Å². The van der Waals surface area contributed by atoms with E-state index in [9.17, 15) is 4.79 Å². The highest BCUT2D eigenvalue weighted by Gasteiger charge is 2.08. The van der Waals surface area contributed by atoms with Crippen molar-refractivity contribution in [1.29, 1.82) is 0 Å². The number of rotatable bonds is 15. The van der Waals surface area contributed by atoms with Gasteiger partial charge in [-0.1, -0.05) is 75.3 Å². The van der Waals surface area contributed by atoms with E-state index in [1.807, 2.05) is 16.9 Å². The lowest BCUT2D eigenvalue weighted by Gasteiger charge is -2.05. The Morgan fingerprint density at radius 3 is 2.21 bits per heavy atom. The van der Waals surface area contributed by atoms with E-state index < -0.39 is 0 Å².